The van der Waals surface area contributed by atoms with Gasteiger partial charge in [0.15, 0.2) is 0 Å². The van der Waals surface area contributed by atoms with Gasteiger partial charge in [0.2, 0.25) is 0 Å². The van der Waals surface area contributed by atoms with Crippen molar-refractivity contribution in [3.8, 4) is 5.75 Å². The first kappa shape index (κ1) is 21.0. The van der Waals surface area contributed by atoms with Crippen LogP contribution in [0.25, 0.3) is 0 Å². The summed E-state index contributed by atoms with van der Waals surface area (Å²) in [6.07, 6.45) is 2.43. The van der Waals surface area contributed by atoms with Crippen LogP contribution < -0.4 is 4.74 Å². The molecule has 27 heavy (non-hydrogen) atoms. The molecule has 1 aliphatic heterocycles. The third kappa shape index (κ3) is 5.42. The first-order valence-corrected chi connectivity index (χ1v) is 11.2. The summed E-state index contributed by atoms with van der Waals surface area (Å²) in [5.74, 6) is 1.71. The molecular weight excluding hydrogens is 446 g/mol. The largest absolute Gasteiger partial charge is 0.496 e. The van der Waals surface area contributed by atoms with E-state index in [4.69, 9.17) is 21.1 Å². The molecule has 1 fully saturated rings. The topological polar surface area (TPSA) is 21.7 Å². The zero-order valence-electron chi connectivity index (χ0n) is 15.7. The lowest BCUT2D eigenvalue weighted by molar-refractivity contribution is 0.111. The first-order chi connectivity index (χ1) is 13.1. The molecule has 0 N–H and O–H groups in total. The summed E-state index contributed by atoms with van der Waals surface area (Å²) in [7, 11) is 3.49. The molecular formula is C21H25BrClNO2S. The van der Waals surface area contributed by atoms with Crippen molar-refractivity contribution in [2.75, 3.05) is 27.4 Å². The normalized spacial score (nSPS) is 17.4. The van der Waals surface area contributed by atoms with Crippen molar-refractivity contribution in [3.05, 3.63) is 57.0 Å². The van der Waals surface area contributed by atoms with Crippen LogP contribution >= 0.6 is 39.3 Å². The van der Waals surface area contributed by atoms with Crippen LogP contribution in [0.5, 0.6) is 5.75 Å². The highest BCUT2D eigenvalue weighted by atomic mass is 79.9. The third-order valence-electron chi connectivity index (χ3n) is 4.89. The Morgan fingerprint density at radius 3 is 2.85 bits per heavy atom. The van der Waals surface area contributed by atoms with E-state index in [1.165, 1.54) is 18.4 Å². The molecule has 0 aromatic heterocycles. The monoisotopic (exact) mass is 469 g/mol. The number of hydrogen-bond acceptors (Lipinski definition) is 4. The number of methoxy groups -OCH3 is 2. The van der Waals surface area contributed by atoms with Gasteiger partial charge in [0.05, 0.1) is 18.7 Å². The number of halogens is 2. The van der Waals surface area contributed by atoms with Gasteiger partial charge >= 0.3 is 0 Å². The maximum Gasteiger partial charge on any atom is 0.122 e. The average Bonchev–Trinajstić information content (AvgIpc) is 3.08. The number of nitrogens with zero attached hydrogens (tertiary/aromatic N) is 1. The van der Waals surface area contributed by atoms with E-state index in [1.807, 2.05) is 24.3 Å². The Kier molecular flexibility index (Phi) is 7.91. The fraction of sp³-hybridized carbons (Fsp3) is 0.429. The summed E-state index contributed by atoms with van der Waals surface area (Å²) in [6, 6.07) is 12.8. The molecule has 146 valence electrons. The van der Waals surface area contributed by atoms with Gasteiger partial charge in [0, 0.05) is 40.4 Å². The number of ether oxygens (including phenoxy) is 2. The molecule has 1 atom stereocenters. The van der Waals surface area contributed by atoms with Crippen molar-refractivity contribution in [3.63, 3.8) is 0 Å². The lowest BCUT2D eigenvalue weighted by atomic mass is 10.2. The van der Waals surface area contributed by atoms with Crippen LogP contribution in [0.2, 0.25) is 5.02 Å². The molecule has 3 rings (SSSR count). The van der Waals surface area contributed by atoms with Crippen molar-refractivity contribution < 1.29 is 9.47 Å². The number of likely N-dealkylation sites (tertiary alicyclic amines) is 1. The zero-order chi connectivity index (χ0) is 19.2. The predicted octanol–water partition coefficient (Wildman–Crippen LogP) is 6.01. The standard InChI is InChI=1S/C21H25BrClNO2S/c1-25-13-18-6-4-10-24(18)12-15-5-3-7-19(23)21(15)27-14-16-11-17(22)8-9-20(16)26-2/h3,5,7-9,11,18H,4,6,10,12-14H2,1-2H3. The fourth-order valence-electron chi connectivity index (χ4n) is 3.55. The van der Waals surface area contributed by atoms with Crippen LogP contribution in [0.3, 0.4) is 0 Å². The average molecular weight is 471 g/mol. The number of hydrogen-bond donors (Lipinski definition) is 0. The van der Waals surface area contributed by atoms with Gasteiger partial charge in [0.25, 0.3) is 0 Å². The van der Waals surface area contributed by atoms with Crippen molar-refractivity contribution in [1.82, 2.24) is 4.90 Å². The van der Waals surface area contributed by atoms with Gasteiger partial charge in [-0.05, 0) is 49.2 Å². The molecule has 6 heteroatoms. The van der Waals surface area contributed by atoms with Crippen molar-refractivity contribution in [2.24, 2.45) is 0 Å². The third-order valence-corrected chi connectivity index (χ3v) is 7.04. The van der Waals surface area contributed by atoms with E-state index in [0.29, 0.717) is 6.04 Å². The van der Waals surface area contributed by atoms with E-state index >= 15 is 0 Å². The van der Waals surface area contributed by atoms with Gasteiger partial charge in [-0.15, -0.1) is 11.8 Å². The minimum atomic E-state index is 0.497. The maximum absolute atomic E-state index is 6.58. The number of benzene rings is 2. The lowest BCUT2D eigenvalue weighted by Gasteiger charge is -2.25. The summed E-state index contributed by atoms with van der Waals surface area (Å²) < 4.78 is 12.0. The van der Waals surface area contributed by atoms with Gasteiger partial charge in [-0.2, -0.15) is 0 Å². The SMILES string of the molecule is COCC1CCCN1Cc1cccc(Cl)c1SCc1cc(Br)ccc1OC. The summed E-state index contributed by atoms with van der Waals surface area (Å²) in [6.45, 7) is 2.81. The van der Waals surface area contributed by atoms with Gasteiger partial charge in [-0.3, -0.25) is 4.90 Å². The zero-order valence-corrected chi connectivity index (χ0v) is 18.9. The second-order valence-corrected chi connectivity index (χ2v) is 9.00. The van der Waals surface area contributed by atoms with Crippen LogP contribution in [0, 0.1) is 0 Å². The molecule has 1 aliphatic rings. The quantitative estimate of drug-likeness (QED) is 0.440. The molecule has 0 bridgehead atoms. The van der Waals surface area contributed by atoms with Gasteiger partial charge in [0.1, 0.15) is 5.75 Å². The van der Waals surface area contributed by atoms with E-state index in [1.54, 1.807) is 26.0 Å². The van der Waals surface area contributed by atoms with Crippen molar-refractivity contribution >= 4 is 39.3 Å². The Balaban J connectivity index is 1.77. The second-order valence-electron chi connectivity index (χ2n) is 6.69. The van der Waals surface area contributed by atoms with Crippen LogP contribution in [-0.2, 0) is 17.0 Å². The molecule has 0 radical (unpaired) electrons. The van der Waals surface area contributed by atoms with E-state index in [9.17, 15) is 0 Å². The Labute approximate surface area is 179 Å². The summed E-state index contributed by atoms with van der Waals surface area (Å²) in [5, 5.41) is 0.814. The van der Waals surface area contributed by atoms with Crippen molar-refractivity contribution in [2.45, 2.75) is 36.1 Å². The maximum atomic E-state index is 6.58. The minimum Gasteiger partial charge on any atom is -0.496 e. The summed E-state index contributed by atoms with van der Waals surface area (Å²) >= 11 is 11.9. The molecule has 2 aromatic rings. The molecule has 0 aliphatic carbocycles. The highest BCUT2D eigenvalue weighted by molar-refractivity contribution is 9.10. The van der Waals surface area contributed by atoms with Gasteiger partial charge in [-0.1, -0.05) is 39.7 Å². The van der Waals surface area contributed by atoms with Gasteiger partial charge in [-0.25, -0.2) is 0 Å². The summed E-state index contributed by atoms with van der Waals surface area (Å²) in [4.78, 5) is 3.67. The van der Waals surface area contributed by atoms with Crippen LogP contribution in [0.15, 0.2) is 45.8 Å². The van der Waals surface area contributed by atoms with Crippen LogP contribution in [-0.4, -0.2) is 38.3 Å². The van der Waals surface area contributed by atoms with Crippen LogP contribution in [0.4, 0.5) is 0 Å². The fourth-order valence-corrected chi connectivity index (χ4v) is 5.37. The Hall–Kier alpha value is -0.720. The van der Waals surface area contributed by atoms with Crippen molar-refractivity contribution in [1.29, 1.82) is 0 Å². The Bertz CT molecular complexity index is 774. The predicted molar refractivity (Wildman–Crippen MR) is 117 cm³/mol. The van der Waals surface area contributed by atoms with E-state index in [-0.39, 0.29) is 0 Å². The number of rotatable bonds is 8. The van der Waals surface area contributed by atoms with E-state index < -0.39 is 0 Å². The molecule has 1 saturated heterocycles. The Morgan fingerprint density at radius 2 is 2.07 bits per heavy atom. The molecule has 1 heterocycles. The molecule has 1 unspecified atom stereocenters. The van der Waals surface area contributed by atoms with E-state index in [0.717, 1.165) is 51.2 Å². The van der Waals surface area contributed by atoms with Crippen LogP contribution in [0.1, 0.15) is 24.0 Å². The minimum absolute atomic E-state index is 0.497. The highest BCUT2D eigenvalue weighted by Gasteiger charge is 2.25. The molecule has 0 spiro atoms. The molecule has 0 saturated carbocycles. The number of thioether (sulfide) groups is 1. The second kappa shape index (κ2) is 10.2. The highest BCUT2D eigenvalue weighted by Crippen LogP contribution is 2.37. The first-order valence-electron chi connectivity index (χ1n) is 9.08. The smallest absolute Gasteiger partial charge is 0.122 e. The van der Waals surface area contributed by atoms with Gasteiger partial charge < -0.3 is 9.47 Å². The molecule has 0 amide bonds. The van der Waals surface area contributed by atoms with E-state index in [2.05, 4.69) is 33.0 Å². The molecule has 3 nitrogen and oxygen atoms in total. The summed E-state index contributed by atoms with van der Waals surface area (Å²) in [5.41, 5.74) is 2.44. The Morgan fingerprint density at radius 1 is 1.22 bits per heavy atom. The lowest BCUT2D eigenvalue weighted by Crippen LogP contribution is -2.32. The molecule has 2 aromatic carbocycles.